The first-order valence-corrected chi connectivity index (χ1v) is 7.89. The second kappa shape index (κ2) is 7.41. The van der Waals surface area contributed by atoms with Crippen LogP contribution in [0.5, 0.6) is 5.75 Å². The lowest BCUT2D eigenvalue weighted by molar-refractivity contribution is 0.305. The maximum absolute atomic E-state index is 5.94. The molecule has 1 N–H and O–H groups in total. The number of aryl methyl sites for hydroxylation is 2. The van der Waals surface area contributed by atoms with Crippen molar-refractivity contribution in [3.63, 3.8) is 0 Å². The number of nitrogens with one attached hydrogen (secondary N) is 1. The second-order valence-corrected chi connectivity index (χ2v) is 5.96. The molecular formula is C16H22N2OS. The van der Waals surface area contributed by atoms with E-state index < -0.39 is 0 Å². The van der Waals surface area contributed by atoms with Crippen LogP contribution in [-0.4, -0.2) is 11.5 Å². The lowest BCUT2D eigenvalue weighted by atomic mass is 10.1. The number of aromatic nitrogens is 1. The van der Waals surface area contributed by atoms with Crippen molar-refractivity contribution in [2.45, 2.75) is 40.3 Å². The van der Waals surface area contributed by atoms with Crippen LogP contribution in [0.15, 0.2) is 23.8 Å². The molecule has 0 saturated heterocycles. The Bertz CT molecular complexity index is 514. The van der Waals surface area contributed by atoms with Crippen molar-refractivity contribution in [1.82, 2.24) is 10.3 Å². The number of rotatable bonds is 7. The maximum Gasteiger partial charge on any atom is 0.125 e. The summed E-state index contributed by atoms with van der Waals surface area (Å²) in [6.07, 6.45) is 3.02. The summed E-state index contributed by atoms with van der Waals surface area (Å²) in [5, 5.41) is 3.43. The van der Waals surface area contributed by atoms with Gasteiger partial charge in [0.15, 0.2) is 0 Å². The van der Waals surface area contributed by atoms with Crippen molar-refractivity contribution in [2.24, 2.45) is 0 Å². The highest BCUT2D eigenvalue weighted by molar-refractivity contribution is 7.09. The third-order valence-corrected chi connectivity index (χ3v) is 3.87. The molecule has 3 nitrogen and oxygen atoms in total. The first-order valence-electron chi connectivity index (χ1n) is 7.01. The largest absolute Gasteiger partial charge is 0.487 e. The summed E-state index contributed by atoms with van der Waals surface area (Å²) in [7, 11) is 0. The molecule has 0 saturated carbocycles. The Balaban J connectivity index is 2.02. The molecule has 0 radical (unpaired) electrons. The zero-order valence-corrected chi connectivity index (χ0v) is 13.2. The Morgan fingerprint density at radius 1 is 1.25 bits per heavy atom. The molecule has 108 valence electrons. The molecule has 2 rings (SSSR count). The number of benzene rings is 1. The minimum Gasteiger partial charge on any atom is -0.487 e. The van der Waals surface area contributed by atoms with Gasteiger partial charge in [0.25, 0.3) is 0 Å². The second-order valence-electron chi connectivity index (χ2n) is 4.99. The summed E-state index contributed by atoms with van der Waals surface area (Å²) in [4.78, 5) is 5.22. The van der Waals surface area contributed by atoms with E-state index in [1.807, 2.05) is 11.7 Å². The van der Waals surface area contributed by atoms with Crippen LogP contribution in [0.25, 0.3) is 0 Å². The van der Waals surface area contributed by atoms with E-state index in [-0.39, 0.29) is 0 Å². The fraction of sp³-hybridized carbons (Fsp3) is 0.438. The first-order chi connectivity index (χ1) is 9.70. The van der Waals surface area contributed by atoms with E-state index in [2.05, 4.69) is 43.2 Å². The maximum atomic E-state index is 5.94. The minimum atomic E-state index is 0.597. The average molecular weight is 290 g/mol. The summed E-state index contributed by atoms with van der Waals surface area (Å²) in [6, 6.07) is 4.41. The zero-order valence-electron chi connectivity index (χ0n) is 12.4. The van der Waals surface area contributed by atoms with E-state index in [1.54, 1.807) is 11.3 Å². The summed E-state index contributed by atoms with van der Waals surface area (Å²) in [6.45, 7) is 8.97. The highest BCUT2D eigenvalue weighted by Crippen LogP contribution is 2.26. The molecule has 0 fully saturated rings. The van der Waals surface area contributed by atoms with Crippen LogP contribution in [0, 0.1) is 13.8 Å². The monoisotopic (exact) mass is 290 g/mol. The van der Waals surface area contributed by atoms with E-state index in [0.29, 0.717) is 6.61 Å². The molecule has 0 bridgehead atoms. The van der Waals surface area contributed by atoms with E-state index in [0.717, 1.165) is 30.1 Å². The predicted molar refractivity (Wildman–Crippen MR) is 84.4 cm³/mol. The predicted octanol–water partition coefficient (Wildman–Crippen LogP) is 3.84. The van der Waals surface area contributed by atoms with Gasteiger partial charge >= 0.3 is 0 Å². The van der Waals surface area contributed by atoms with Crippen LogP contribution in [0.4, 0.5) is 0 Å². The average Bonchev–Trinajstić information content (AvgIpc) is 2.91. The van der Waals surface area contributed by atoms with E-state index in [1.165, 1.54) is 16.7 Å². The molecule has 4 heteroatoms. The summed E-state index contributed by atoms with van der Waals surface area (Å²) in [5.74, 6) is 0.998. The van der Waals surface area contributed by atoms with Gasteiger partial charge in [-0.05, 0) is 43.5 Å². The van der Waals surface area contributed by atoms with Gasteiger partial charge in [-0.3, -0.25) is 4.98 Å². The normalized spacial score (nSPS) is 10.8. The Morgan fingerprint density at radius 2 is 2.00 bits per heavy atom. The van der Waals surface area contributed by atoms with Crippen LogP contribution < -0.4 is 10.1 Å². The molecular weight excluding hydrogens is 268 g/mol. The topological polar surface area (TPSA) is 34.1 Å². The minimum absolute atomic E-state index is 0.597. The van der Waals surface area contributed by atoms with Crippen molar-refractivity contribution in [3.05, 3.63) is 45.4 Å². The summed E-state index contributed by atoms with van der Waals surface area (Å²) in [5.41, 5.74) is 5.55. The summed E-state index contributed by atoms with van der Waals surface area (Å²) >= 11 is 1.62. The molecule has 1 heterocycles. The smallest absolute Gasteiger partial charge is 0.125 e. The molecule has 0 aliphatic rings. The Hall–Kier alpha value is -1.39. The number of ether oxygens (including phenoxy) is 1. The molecule has 0 atom stereocenters. The van der Waals surface area contributed by atoms with Gasteiger partial charge in [-0.1, -0.05) is 19.1 Å². The van der Waals surface area contributed by atoms with Crippen molar-refractivity contribution in [2.75, 3.05) is 6.54 Å². The number of hydrogen-bond acceptors (Lipinski definition) is 4. The lowest BCUT2D eigenvalue weighted by Crippen LogP contribution is -2.14. The quantitative estimate of drug-likeness (QED) is 0.787. The molecule has 0 aliphatic carbocycles. The molecule has 0 aliphatic heterocycles. The molecule has 20 heavy (non-hydrogen) atoms. The van der Waals surface area contributed by atoms with Crippen molar-refractivity contribution < 1.29 is 4.74 Å². The van der Waals surface area contributed by atoms with Crippen LogP contribution in [0.1, 0.15) is 34.9 Å². The van der Waals surface area contributed by atoms with Gasteiger partial charge in [-0.15, -0.1) is 11.3 Å². The highest BCUT2D eigenvalue weighted by atomic mass is 32.1. The molecule has 2 aromatic rings. The van der Waals surface area contributed by atoms with Gasteiger partial charge in [0.2, 0.25) is 0 Å². The van der Waals surface area contributed by atoms with Crippen LogP contribution in [0.3, 0.4) is 0 Å². The first kappa shape index (κ1) is 15.0. The number of hydrogen-bond donors (Lipinski definition) is 1. The summed E-state index contributed by atoms with van der Waals surface area (Å²) < 4.78 is 5.94. The fourth-order valence-electron chi connectivity index (χ4n) is 2.24. The Labute approximate surface area is 125 Å². The van der Waals surface area contributed by atoms with Gasteiger partial charge in [0.1, 0.15) is 12.4 Å². The molecule has 0 amide bonds. The molecule has 0 unspecified atom stereocenters. The van der Waals surface area contributed by atoms with Crippen molar-refractivity contribution in [3.8, 4) is 5.75 Å². The van der Waals surface area contributed by atoms with Gasteiger partial charge < -0.3 is 10.1 Å². The van der Waals surface area contributed by atoms with Gasteiger partial charge in [0, 0.05) is 12.7 Å². The van der Waals surface area contributed by atoms with E-state index >= 15 is 0 Å². The van der Waals surface area contributed by atoms with Crippen molar-refractivity contribution >= 4 is 11.3 Å². The third kappa shape index (κ3) is 4.05. The van der Waals surface area contributed by atoms with E-state index in [4.69, 9.17) is 4.74 Å². The Kier molecular flexibility index (Phi) is 5.56. The lowest BCUT2D eigenvalue weighted by Gasteiger charge is -2.14. The number of thiazole rings is 1. The SMILES string of the molecule is CCCNCc1cc(C)c(OCc2cncs2)c(C)c1. The van der Waals surface area contributed by atoms with Crippen LogP contribution in [-0.2, 0) is 13.2 Å². The van der Waals surface area contributed by atoms with Crippen molar-refractivity contribution in [1.29, 1.82) is 0 Å². The van der Waals surface area contributed by atoms with Gasteiger partial charge in [-0.25, -0.2) is 0 Å². The van der Waals surface area contributed by atoms with Crippen LogP contribution >= 0.6 is 11.3 Å². The number of nitrogens with zero attached hydrogens (tertiary/aromatic N) is 1. The fourth-order valence-corrected chi connectivity index (χ4v) is 2.74. The Morgan fingerprint density at radius 3 is 2.60 bits per heavy atom. The standard InChI is InChI=1S/C16H22N2OS/c1-4-5-17-8-14-6-12(2)16(13(3)7-14)19-10-15-9-18-11-20-15/h6-7,9,11,17H,4-5,8,10H2,1-3H3. The zero-order chi connectivity index (χ0) is 14.4. The third-order valence-electron chi connectivity index (χ3n) is 3.12. The van der Waals surface area contributed by atoms with E-state index in [9.17, 15) is 0 Å². The van der Waals surface area contributed by atoms with Gasteiger partial charge in [0.05, 0.1) is 10.4 Å². The van der Waals surface area contributed by atoms with Crippen LogP contribution in [0.2, 0.25) is 0 Å². The molecule has 1 aromatic heterocycles. The molecule has 0 spiro atoms. The molecule has 1 aromatic carbocycles. The van der Waals surface area contributed by atoms with Gasteiger partial charge in [-0.2, -0.15) is 0 Å². The highest BCUT2D eigenvalue weighted by Gasteiger charge is 2.07.